The Balaban J connectivity index is 2.04. The fourth-order valence-electron chi connectivity index (χ4n) is 4.26. The summed E-state index contributed by atoms with van der Waals surface area (Å²) < 4.78 is 0. The normalized spacial score (nSPS) is 46.1. The molecule has 0 aromatic rings. The van der Waals surface area contributed by atoms with Crippen LogP contribution in [0.3, 0.4) is 0 Å². The van der Waals surface area contributed by atoms with Crippen molar-refractivity contribution >= 4 is 0 Å². The van der Waals surface area contributed by atoms with E-state index >= 15 is 0 Å². The molecule has 0 spiro atoms. The molecule has 0 radical (unpaired) electrons. The van der Waals surface area contributed by atoms with E-state index in [9.17, 15) is 0 Å². The van der Waals surface area contributed by atoms with Gasteiger partial charge in [-0.05, 0) is 61.9 Å². The maximum absolute atomic E-state index is 5.83. The minimum atomic E-state index is 0.832. The number of fused-ring (bicyclic) bond motifs is 2. The Bertz CT molecular complexity index is 191. The molecule has 2 aliphatic carbocycles. The second kappa shape index (κ2) is 4.19. The van der Waals surface area contributed by atoms with Crippen LogP contribution in [0.2, 0.25) is 0 Å². The summed E-state index contributed by atoms with van der Waals surface area (Å²) in [4.78, 5) is 0. The lowest BCUT2D eigenvalue weighted by atomic mass is 9.71. The van der Waals surface area contributed by atoms with Gasteiger partial charge in [0.25, 0.3) is 0 Å². The first kappa shape index (κ1) is 10.4. The van der Waals surface area contributed by atoms with Crippen molar-refractivity contribution in [2.45, 2.75) is 32.6 Å². The molecule has 2 aliphatic rings. The van der Waals surface area contributed by atoms with Gasteiger partial charge in [-0.15, -0.1) is 0 Å². The van der Waals surface area contributed by atoms with E-state index < -0.39 is 0 Å². The maximum atomic E-state index is 5.83. The molecule has 5 unspecified atom stereocenters. The minimum Gasteiger partial charge on any atom is -0.330 e. The lowest BCUT2D eigenvalue weighted by Gasteiger charge is -2.34. The monoisotopic (exact) mass is 196 g/mol. The summed E-state index contributed by atoms with van der Waals surface area (Å²) in [5, 5.41) is 0. The van der Waals surface area contributed by atoms with Gasteiger partial charge in [0.05, 0.1) is 0 Å². The minimum absolute atomic E-state index is 0.832. The summed E-state index contributed by atoms with van der Waals surface area (Å²) in [7, 11) is 0. The molecule has 0 aromatic heterocycles. The van der Waals surface area contributed by atoms with Crippen LogP contribution in [0.5, 0.6) is 0 Å². The predicted molar refractivity (Wildman–Crippen MR) is 59.7 cm³/mol. The third-order valence-electron chi connectivity index (χ3n) is 4.77. The molecule has 2 rings (SSSR count). The molecule has 2 saturated carbocycles. The van der Waals surface area contributed by atoms with Gasteiger partial charge in [0.1, 0.15) is 0 Å². The van der Waals surface area contributed by atoms with Gasteiger partial charge in [-0.1, -0.05) is 13.3 Å². The first-order valence-corrected chi connectivity index (χ1v) is 6.21. The van der Waals surface area contributed by atoms with Crippen LogP contribution in [0.1, 0.15) is 32.6 Å². The molecular weight excluding hydrogens is 172 g/mol. The van der Waals surface area contributed by atoms with Gasteiger partial charge in [-0.3, -0.25) is 0 Å². The van der Waals surface area contributed by atoms with Crippen LogP contribution in [0.4, 0.5) is 0 Å². The van der Waals surface area contributed by atoms with Crippen molar-refractivity contribution in [3.05, 3.63) is 0 Å². The predicted octanol–water partition coefficient (Wildman–Crippen LogP) is 1.59. The second-order valence-electron chi connectivity index (χ2n) is 5.20. The molecule has 0 heterocycles. The van der Waals surface area contributed by atoms with Gasteiger partial charge in [-0.25, -0.2) is 0 Å². The Labute approximate surface area is 87.4 Å². The Hall–Kier alpha value is -0.0800. The maximum Gasteiger partial charge on any atom is -0.00460 e. The lowest BCUT2D eigenvalue weighted by molar-refractivity contribution is 0.154. The van der Waals surface area contributed by atoms with Gasteiger partial charge < -0.3 is 11.5 Å². The van der Waals surface area contributed by atoms with E-state index in [2.05, 4.69) is 6.92 Å². The Morgan fingerprint density at radius 2 is 1.93 bits per heavy atom. The summed E-state index contributed by atoms with van der Waals surface area (Å²) in [5.41, 5.74) is 11.5. The molecule has 0 amide bonds. The van der Waals surface area contributed by atoms with Crippen molar-refractivity contribution in [3.63, 3.8) is 0 Å². The Morgan fingerprint density at radius 1 is 1.14 bits per heavy atom. The van der Waals surface area contributed by atoms with Gasteiger partial charge in [-0.2, -0.15) is 0 Å². The molecule has 0 saturated heterocycles. The van der Waals surface area contributed by atoms with Gasteiger partial charge in [0, 0.05) is 0 Å². The fraction of sp³-hybridized carbons (Fsp3) is 1.00. The van der Waals surface area contributed by atoms with E-state index in [-0.39, 0.29) is 0 Å². The third kappa shape index (κ3) is 1.49. The zero-order valence-electron chi connectivity index (χ0n) is 9.28. The zero-order chi connectivity index (χ0) is 10.1. The molecule has 0 aliphatic heterocycles. The van der Waals surface area contributed by atoms with Crippen LogP contribution in [0.25, 0.3) is 0 Å². The molecule has 2 fully saturated rings. The first-order valence-electron chi connectivity index (χ1n) is 6.21. The quantitative estimate of drug-likeness (QED) is 0.717. The van der Waals surface area contributed by atoms with Crippen molar-refractivity contribution in [1.82, 2.24) is 0 Å². The van der Waals surface area contributed by atoms with E-state index in [1.807, 2.05) is 0 Å². The lowest BCUT2D eigenvalue weighted by Crippen LogP contribution is -2.32. The highest BCUT2D eigenvalue weighted by Gasteiger charge is 2.50. The fourth-order valence-corrected chi connectivity index (χ4v) is 4.26. The van der Waals surface area contributed by atoms with Crippen LogP contribution in [0, 0.1) is 29.6 Å². The molecule has 5 atom stereocenters. The molecule has 2 bridgehead atoms. The SMILES string of the molecule is CCC1C(CCN)C2CC(CN)C1C2. The second-order valence-corrected chi connectivity index (χ2v) is 5.20. The highest BCUT2D eigenvalue weighted by atomic mass is 14.6. The summed E-state index contributed by atoms with van der Waals surface area (Å²) in [6, 6.07) is 0. The largest absolute Gasteiger partial charge is 0.330 e. The number of hydrogen-bond acceptors (Lipinski definition) is 2. The van der Waals surface area contributed by atoms with E-state index in [1.54, 1.807) is 0 Å². The average molecular weight is 196 g/mol. The molecule has 0 aromatic carbocycles. The summed E-state index contributed by atoms with van der Waals surface area (Å²) in [6.07, 6.45) is 5.42. The molecule has 82 valence electrons. The molecular formula is C12H24N2. The summed E-state index contributed by atoms with van der Waals surface area (Å²) in [6.45, 7) is 4.12. The summed E-state index contributed by atoms with van der Waals surface area (Å²) >= 11 is 0. The third-order valence-corrected chi connectivity index (χ3v) is 4.77. The van der Waals surface area contributed by atoms with Crippen molar-refractivity contribution in [1.29, 1.82) is 0 Å². The Morgan fingerprint density at radius 3 is 2.50 bits per heavy atom. The highest BCUT2D eigenvalue weighted by Crippen LogP contribution is 2.56. The van der Waals surface area contributed by atoms with E-state index in [1.165, 1.54) is 25.7 Å². The smallest absolute Gasteiger partial charge is 0.00460 e. The number of nitrogens with two attached hydrogens (primary N) is 2. The highest BCUT2D eigenvalue weighted by molar-refractivity contribution is 5.00. The van der Waals surface area contributed by atoms with Crippen molar-refractivity contribution in [3.8, 4) is 0 Å². The van der Waals surface area contributed by atoms with Crippen LogP contribution in [-0.2, 0) is 0 Å². The number of rotatable bonds is 4. The van der Waals surface area contributed by atoms with Gasteiger partial charge in [0.2, 0.25) is 0 Å². The van der Waals surface area contributed by atoms with E-state index in [0.29, 0.717) is 0 Å². The van der Waals surface area contributed by atoms with Gasteiger partial charge in [0.15, 0.2) is 0 Å². The van der Waals surface area contributed by atoms with Crippen molar-refractivity contribution < 1.29 is 0 Å². The van der Waals surface area contributed by atoms with Crippen LogP contribution in [0.15, 0.2) is 0 Å². The molecule has 2 nitrogen and oxygen atoms in total. The van der Waals surface area contributed by atoms with Crippen molar-refractivity contribution in [2.24, 2.45) is 41.1 Å². The average Bonchev–Trinajstić information content (AvgIpc) is 2.75. The van der Waals surface area contributed by atoms with Crippen molar-refractivity contribution in [2.75, 3.05) is 13.1 Å². The zero-order valence-corrected chi connectivity index (χ0v) is 9.28. The van der Waals surface area contributed by atoms with E-state index in [4.69, 9.17) is 11.5 Å². The summed E-state index contributed by atoms with van der Waals surface area (Å²) in [5.74, 6) is 4.59. The Kier molecular flexibility index (Phi) is 3.13. The van der Waals surface area contributed by atoms with Crippen LogP contribution < -0.4 is 11.5 Å². The first-order chi connectivity index (χ1) is 6.81. The van der Waals surface area contributed by atoms with Crippen LogP contribution >= 0.6 is 0 Å². The number of hydrogen-bond donors (Lipinski definition) is 2. The topological polar surface area (TPSA) is 52.0 Å². The van der Waals surface area contributed by atoms with Gasteiger partial charge >= 0.3 is 0 Å². The van der Waals surface area contributed by atoms with Crippen LogP contribution in [-0.4, -0.2) is 13.1 Å². The van der Waals surface area contributed by atoms with E-state index in [0.717, 1.165) is 42.7 Å². The molecule has 2 heteroatoms. The molecule has 4 N–H and O–H groups in total. The molecule has 14 heavy (non-hydrogen) atoms. The standard InChI is InChI=1S/C12H24N2/c1-2-10-11(3-4-13)8-5-9(7-14)12(10)6-8/h8-12H,2-7,13-14H2,1H3.